The van der Waals surface area contributed by atoms with Crippen molar-refractivity contribution in [2.24, 2.45) is 0 Å². The van der Waals surface area contributed by atoms with Crippen LogP contribution < -0.4 is 14.8 Å². The summed E-state index contributed by atoms with van der Waals surface area (Å²) in [5, 5.41) is 7.39. The molecule has 0 radical (unpaired) electrons. The lowest BCUT2D eigenvalue weighted by molar-refractivity contribution is 0.393. The number of benzene rings is 2. The van der Waals surface area contributed by atoms with Crippen molar-refractivity contribution in [3.05, 3.63) is 59.4 Å². The molecule has 0 bridgehead atoms. The van der Waals surface area contributed by atoms with Crippen molar-refractivity contribution in [1.82, 2.24) is 15.5 Å². The van der Waals surface area contributed by atoms with E-state index in [1.807, 2.05) is 37.3 Å². The van der Waals surface area contributed by atoms with Crippen molar-refractivity contribution >= 4 is 0 Å². The minimum atomic E-state index is 0.573. The third-order valence-electron chi connectivity index (χ3n) is 4.32. The maximum atomic E-state index is 5.30. The van der Waals surface area contributed by atoms with E-state index in [-0.39, 0.29) is 0 Å². The highest BCUT2D eigenvalue weighted by Crippen LogP contribution is 2.22. The third kappa shape index (κ3) is 5.08. The fourth-order valence-electron chi connectivity index (χ4n) is 2.76. The molecule has 0 aliphatic carbocycles. The molecule has 0 saturated heterocycles. The lowest BCUT2D eigenvalue weighted by Gasteiger charge is -2.09. The van der Waals surface area contributed by atoms with Gasteiger partial charge in [0.15, 0.2) is 5.82 Å². The number of aromatic nitrogens is 2. The summed E-state index contributed by atoms with van der Waals surface area (Å²) in [6, 6.07) is 14.1. The van der Waals surface area contributed by atoms with E-state index >= 15 is 0 Å². The predicted octanol–water partition coefficient (Wildman–Crippen LogP) is 3.65. The standard InChI is InChI=1S/C21H25N3O3/c1-4-20-23-21(27-24-20)17-7-5-15(6-8-17)9-10-22-14-16-11-18(25-2)13-19(12-16)26-3/h5-8,11-13,22H,4,9-10,14H2,1-3H3. The molecule has 0 spiro atoms. The highest BCUT2D eigenvalue weighted by Gasteiger charge is 2.07. The van der Waals surface area contributed by atoms with E-state index in [0.717, 1.165) is 54.4 Å². The lowest BCUT2D eigenvalue weighted by Crippen LogP contribution is -2.16. The molecule has 27 heavy (non-hydrogen) atoms. The second-order valence-electron chi connectivity index (χ2n) is 6.21. The van der Waals surface area contributed by atoms with Gasteiger partial charge in [-0.25, -0.2) is 0 Å². The Hall–Kier alpha value is -2.86. The normalized spacial score (nSPS) is 10.8. The summed E-state index contributed by atoms with van der Waals surface area (Å²) in [7, 11) is 3.32. The Kier molecular flexibility index (Phi) is 6.44. The summed E-state index contributed by atoms with van der Waals surface area (Å²) in [6.07, 6.45) is 1.71. The lowest BCUT2D eigenvalue weighted by atomic mass is 10.1. The van der Waals surface area contributed by atoms with Gasteiger partial charge in [-0.05, 0) is 48.4 Å². The van der Waals surface area contributed by atoms with Crippen LogP contribution in [-0.4, -0.2) is 30.9 Å². The molecule has 6 heteroatoms. The molecule has 0 unspecified atom stereocenters. The number of hydrogen-bond donors (Lipinski definition) is 1. The molecule has 2 aromatic carbocycles. The first-order valence-electron chi connectivity index (χ1n) is 9.06. The van der Waals surface area contributed by atoms with Crippen LogP contribution in [0.3, 0.4) is 0 Å². The predicted molar refractivity (Wildman–Crippen MR) is 104 cm³/mol. The monoisotopic (exact) mass is 367 g/mol. The Bertz CT molecular complexity index is 837. The molecule has 0 aliphatic heterocycles. The van der Waals surface area contributed by atoms with Gasteiger partial charge in [0.25, 0.3) is 5.89 Å². The van der Waals surface area contributed by atoms with Gasteiger partial charge in [-0.15, -0.1) is 0 Å². The van der Waals surface area contributed by atoms with Gasteiger partial charge in [0.1, 0.15) is 11.5 Å². The summed E-state index contributed by atoms with van der Waals surface area (Å²) in [4.78, 5) is 4.36. The van der Waals surface area contributed by atoms with Gasteiger partial charge in [-0.1, -0.05) is 24.2 Å². The molecule has 3 rings (SSSR count). The number of methoxy groups -OCH3 is 2. The quantitative estimate of drug-likeness (QED) is 0.582. The van der Waals surface area contributed by atoms with Crippen LogP contribution in [0.1, 0.15) is 23.9 Å². The first kappa shape index (κ1) is 18.9. The van der Waals surface area contributed by atoms with E-state index < -0.39 is 0 Å². The summed E-state index contributed by atoms with van der Waals surface area (Å²) in [5.74, 6) is 2.90. The number of nitrogens with one attached hydrogen (secondary N) is 1. The van der Waals surface area contributed by atoms with E-state index in [1.165, 1.54) is 5.56 Å². The number of nitrogens with zero attached hydrogens (tertiary/aromatic N) is 2. The van der Waals surface area contributed by atoms with E-state index in [9.17, 15) is 0 Å². The zero-order chi connectivity index (χ0) is 19.1. The minimum Gasteiger partial charge on any atom is -0.497 e. The minimum absolute atomic E-state index is 0.573. The second-order valence-corrected chi connectivity index (χ2v) is 6.21. The van der Waals surface area contributed by atoms with Gasteiger partial charge in [0.2, 0.25) is 0 Å². The Balaban J connectivity index is 1.50. The van der Waals surface area contributed by atoms with Crippen molar-refractivity contribution in [1.29, 1.82) is 0 Å². The topological polar surface area (TPSA) is 69.4 Å². The average Bonchev–Trinajstić information content (AvgIpc) is 3.20. The molecule has 0 atom stereocenters. The molecule has 0 fully saturated rings. The Labute approximate surface area is 159 Å². The van der Waals surface area contributed by atoms with Crippen molar-refractivity contribution in [2.75, 3.05) is 20.8 Å². The smallest absolute Gasteiger partial charge is 0.257 e. The van der Waals surface area contributed by atoms with E-state index in [2.05, 4.69) is 27.6 Å². The van der Waals surface area contributed by atoms with Crippen molar-refractivity contribution in [3.8, 4) is 23.0 Å². The molecule has 1 heterocycles. The van der Waals surface area contributed by atoms with E-state index in [0.29, 0.717) is 5.89 Å². The molecule has 3 aromatic rings. The van der Waals surface area contributed by atoms with E-state index in [4.69, 9.17) is 14.0 Å². The number of ether oxygens (including phenoxy) is 2. The Morgan fingerprint density at radius 1 is 0.963 bits per heavy atom. The van der Waals surface area contributed by atoms with Crippen molar-refractivity contribution < 1.29 is 14.0 Å². The van der Waals surface area contributed by atoms with Gasteiger partial charge in [0, 0.05) is 24.6 Å². The fourth-order valence-corrected chi connectivity index (χ4v) is 2.76. The molecule has 6 nitrogen and oxygen atoms in total. The van der Waals surface area contributed by atoms with Crippen LogP contribution in [0.25, 0.3) is 11.5 Å². The van der Waals surface area contributed by atoms with Crippen LogP contribution in [0.2, 0.25) is 0 Å². The first-order chi connectivity index (χ1) is 13.2. The van der Waals surface area contributed by atoms with Gasteiger partial charge in [-0.2, -0.15) is 4.98 Å². The molecule has 1 aromatic heterocycles. The van der Waals surface area contributed by atoms with Crippen molar-refractivity contribution in [2.45, 2.75) is 26.3 Å². The highest BCUT2D eigenvalue weighted by atomic mass is 16.5. The van der Waals surface area contributed by atoms with Crippen LogP contribution >= 0.6 is 0 Å². The summed E-state index contributed by atoms with van der Waals surface area (Å²) >= 11 is 0. The summed E-state index contributed by atoms with van der Waals surface area (Å²) in [6.45, 7) is 3.64. The molecule has 0 aliphatic rings. The number of rotatable bonds is 9. The van der Waals surface area contributed by atoms with Gasteiger partial charge >= 0.3 is 0 Å². The van der Waals surface area contributed by atoms with Gasteiger partial charge in [-0.3, -0.25) is 0 Å². The molecular weight excluding hydrogens is 342 g/mol. The highest BCUT2D eigenvalue weighted by molar-refractivity contribution is 5.53. The van der Waals surface area contributed by atoms with Gasteiger partial charge < -0.3 is 19.3 Å². The van der Waals surface area contributed by atoms with Crippen LogP contribution in [0, 0.1) is 0 Å². The maximum absolute atomic E-state index is 5.30. The van der Waals surface area contributed by atoms with Crippen molar-refractivity contribution in [3.63, 3.8) is 0 Å². The zero-order valence-electron chi connectivity index (χ0n) is 16.0. The molecule has 0 saturated carbocycles. The summed E-state index contributed by atoms with van der Waals surface area (Å²) in [5.41, 5.74) is 3.33. The van der Waals surface area contributed by atoms with Crippen LogP contribution in [0.5, 0.6) is 11.5 Å². The first-order valence-corrected chi connectivity index (χ1v) is 9.06. The molecule has 142 valence electrons. The molecular formula is C21H25N3O3. The number of aryl methyl sites for hydroxylation is 1. The van der Waals surface area contributed by atoms with Crippen LogP contribution in [0.15, 0.2) is 47.0 Å². The van der Waals surface area contributed by atoms with Crippen LogP contribution in [-0.2, 0) is 19.4 Å². The molecule has 0 amide bonds. The number of hydrogen-bond acceptors (Lipinski definition) is 6. The maximum Gasteiger partial charge on any atom is 0.257 e. The summed E-state index contributed by atoms with van der Waals surface area (Å²) < 4.78 is 15.9. The van der Waals surface area contributed by atoms with Gasteiger partial charge in [0.05, 0.1) is 14.2 Å². The zero-order valence-corrected chi connectivity index (χ0v) is 16.0. The third-order valence-corrected chi connectivity index (χ3v) is 4.32. The second kappa shape index (κ2) is 9.19. The van der Waals surface area contributed by atoms with E-state index in [1.54, 1.807) is 14.2 Å². The average molecular weight is 367 g/mol. The Morgan fingerprint density at radius 3 is 2.26 bits per heavy atom. The largest absolute Gasteiger partial charge is 0.497 e. The molecule has 1 N–H and O–H groups in total. The Morgan fingerprint density at radius 2 is 1.67 bits per heavy atom. The fraction of sp³-hybridized carbons (Fsp3) is 0.333. The van der Waals surface area contributed by atoms with Crippen LogP contribution in [0.4, 0.5) is 0 Å². The SMILES string of the molecule is CCc1noc(-c2ccc(CCNCc3cc(OC)cc(OC)c3)cc2)n1.